The molecule has 1 N–H and O–H groups in total. The fourth-order valence-electron chi connectivity index (χ4n) is 1.81. The molecular formula is C14H25NS. The van der Waals surface area contributed by atoms with E-state index in [1.165, 1.54) is 18.4 Å². The van der Waals surface area contributed by atoms with E-state index in [-0.39, 0.29) is 5.54 Å². The Hall–Kier alpha value is -0.340. The van der Waals surface area contributed by atoms with Crippen LogP contribution in [-0.4, -0.2) is 12.1 Å². The number of hydrogen-bond donors (Lipinski definition) is 1. The number of nitrogens with one attached hydrogen (secondary N) is 1. The monoisotopic (exact) mass is 239 g/mol. The zero-order valence-electron chi connectivity index (χ0n) is 11.3. The Morgan fingerprint density at radius 3 is 2.38 bits per heavy atom. The van der Waals surface area contributed by atoms with Crippen molar-refractivity contribution in [2.24, 2.45) is 5.41 Å². The predicted molar refractivity (Wildman–Crippen MR) is 74.2 cm³/mol. The average molecular weight is 239 g/mol. The van der Waals surface area contributed by atoms with Crippen LogP contribution in [0.5, 0.6) is 0 Å². The minimum Gasteiger partial charge on any atom is -0.312 e. The van der Waals surface area contributed by atoms with E-state index in [9.17, 15) is 0 Å². The molecule has 0 aliphatic rings. The van der Waals surface area contributed by atoms with Crippen LogP contribution in [0.2, 0.25) is 0 Å². The molecule has 0 unspecified atom stereocenters. The van der Waals surface area contributed by atoms with E-state index in [1.54, 1.807) is 11.3 Å². The molecule has 1 rings (SSSR count). The SMILES string of the molecule is CC(C)(CCNC(C)(C)C)Cc1ccsc1. The molecule has 0 fully saturated rings. The highest BCUT2D eigenvalue weighted by atomic mass is 32.1. The lowest BCUT2D eigenvalue weighted by atomic mass is 9.83. The van der Waals surface area contributed by atoms with Gasteiger partial charge < -0.3 is 5.32 Å². The molecule has 0 bridgehead atoms. The number of hydrogen-bond acceptors (Lipinski definition) is 2. The summed E-state index contributed by atoms with van der Waals surface area (Å²) in [6.45, 7) is 12.5. The summed E-state index contributed by atoms with van der Waals surface area (Å²) in [5.41, 5.74) is 2.10. The van der Waals surface area contributed by atoms with Gasteiger partial charge in [0.15, 0.2) is 0 Å². The summed E-state index contributed by atoms with van der Waals surface area (Å²) in [6, 6.07) is 2.24. The quantitative estimate of drug-likeness (QED) is 0.816. The van der Waals surface area contributed by atoms with Crippen molar-refractivity contribution in [3.8, 4) is 0 Å². The Morgan fingerprint density at radius 1 is 1.19 bits per heavy atom. The molecule has 0 aliphatic carbocycles. The maximum Gasteiger partial charge on any atom is 0.00965 e. The standard InChI is InChI=1S/C14H25NS/c1-13(2,3)15-8-7-14(4,5)10-12-6-9-16-11-12/h6,9,11,15H,7-8,10H2,1-5H3. The van der Waals surface area contributed by atoms with Gasteiger partial charge >= 0.3 is 0 Å². The van der Waals surface area contributed by atoms with Crippen molar-refractivity contribution in [1.29, 1.82) is 0 Å². The molecule has 92 valence electrons. The Balaban J connectivity index is 2.34. The normalized spacial score (nSPS) is 13.1. The maximum atomic E-state index is 3.56. The second-order valence-corrected chi connectivity index (χ2v) is 7.18. The van der Waals surface area contributed by atoms with Gasteiger partial charge in [-0.1, -0.05) is 13.8 Å². The van der Waals surface area contributed by atoms with Crippen molar-refractivity contribution >= 4 is 11.3 Å². The first kappa shape index (κ1) is 13.7. The van der Waals surface area contributed by atoms with Crippen LogP contribution in [0.25, 0.3) is 0 Å². The highest BCUT2D eigenvalue weighted by Crippen LogP contribution is 2.26. The van der Waals surface area contributed by atoms with Gasteiger partial charge in [-0.15, -0.1) is 0 Å². The molecule has 0 aromatic carbocycles. The molecule has 1 aromatic heterocycles. The minimum absolute atomic E-state index is 0.235. The lowest BCUT2D eigenvalue weighted by molar-refractivity contribution is 0.302. The molecule has 1 aromatic rings. The second kappa shape index (κ2) is 5.33. The summed E-state index contributed by atoms with van der Waals surface area (Å²) >= 11 is 1.79. The van der Waals surface area contributed by atoms with Gasteiger partial charge in [0, 0.05) is 5.54 Å². The summed E-state index contributed by atoms with van der Waals surface area (Å²) in [5, 5.41) is 7.99. The third-order valence-corrected chi connectivity index (χ3v) is 3.45. The highest BCUT2D eigenvalue weighted by Gasteiger charge is 2.19. The van der Waals surface area contributed by atoms with Crippen LogP contribution >= 0.6 is 11.3 Å². The van der Waals surface area contributed by atoms with Crippen molar-refractivity contribution in [2.45, 2.75) is 53.0 Å². The molecular weight excluding hydrogens is 214 g/mol. The van der Waals surface area contributed by atoms with E-state index in [4.69, 9.17) is 0 Å². The minimum atomic E-state index is 0.235. The van der Waals surface area contributed by atoms with Crippen LogP contribution in [0.15, 0.2) is 16.8 Å². The van der Waals surface area contributed by atoms with E-state index >= 15 is 0 Å². The number of rotatable bonds is 5. The molecule has 16 heavy (non-hydrogen) atoms. The fraction of sp³-hybridized carbons (Fsp3) is 0.714. The molecule has 0 aliphatic heterocycles. The molecule has 0 saturated carbocycles. The number of thiophene rings is 1. The van der Waals surface area contributed by atoms with E-state index in [2.05, 4.69) is 56.8 Å². The van der Waals surface area contributed by atoms with Crippen molar-refractivity contribution < 1.29 is 0 Å². The Morgan fingerprint density at radius 2 is 1.88 bits per heavy atom. The fourth-order valence-corrected chi connectivity index (χ4v) is 2.48. The summed E-state index contributed by atoms with van der Waals surface area (Å²) in [4.78, 5) is 0. The van der Waals surface area contributed by atoms with Gasteiger partial charge in [-0.3, -0.25) is 0 Å². The lowest BCUT2D eigenvalue weighted by Crippen LogP contribution is -2.38. The van der Waals surface area contributed by atoms with Crippen LogP contribution in [0.4, 0.5) is 0 Å². The summed E-state index contributed by atoms with van der Waals surface area (Å²) < 4.78 is 0. The van der Waals surface area contributed by atoms with Gasteiger partial charge in [0.25, 0.3) is 0 Å². The molecule has 1 heterocycles. The van der Waals surface area contributed by atoms with Crippen LogP contribution in [0.3, 0.4) is 0 Å². The molecule has 0 atom stereocenters. The zero-order chi connectivity index (χ0) is 12.2. The summed E-state index contributed by atoms with van der Waals surface area (Å²) in [7, 11) is 0. The first-order chi connectivity index (χ1) is 7.29. The van der Waals surface area contributed by atoms with Gasteiger partial charge in [0.1, 0.15) is 0 Å². The largest absolute Gasteiger partial charge is 0.312 e. The van der Waals surface area contributed by atoms with Crippen molar-refractivity contribution in [3.63, 3.8) is 0 Å². The van der Waals surface area contributed by atoms with Crippen molar-refractivity contribution in [3.05, 3.63) is 22.4 Å². The smallest absolute Gasteiger partial charge is 0.00965 e. The van der Waals surface area contributed by atoms with Gasteiger partial charge in [0.2, 0.25) is 0 Å². The summed E-state index contributed by atoms with van der Waals surface area (Å²) in [6.07, 6.45) is 2.41. The van der Waals surface area contributed by atoms with Gasteiger partial charge in [-0.05, 0) is 68.0 Å². The van der Waals surface area contributed by atoms with Crippen LogP contribution in [0, 0.1) is 5.41 Å². The Labute approximate surface area is 104 Å². The first-order valence-electron chi connectivity index (χ1n) is 6.05. The topological polar surface area (TPSA) is 12.0 Å². The predicted octanol–water partition coefficient (Wildman–Crippen LogP) is 4.10. The van der Waals surface area contributed by atoms with Crippen LogP contribution in [-0.2, 0) is 6.42 Å². The molecule has 0 spiro atoms. The Kier molecular flexibility index (Phi) is 4.57. The highest BCUT2D eigenvalue weighted by molar-refractivity contribution is 7.07. The molecule has 0 amide bonds. The molecule has 0 radical (unpaired) electrons. The van der Waals surface area contributed by atoms with E-state index < -0.39 is 0 Å². The van der Waals surface area contributed by atoms with Gasteiger partial charge in [-0.25, -0.2) is 0 Å². The third-order valence-electron chi connectivity index (χ3n) is 2.72. The summed E-state index contributed by atoms with van der Waals surface area (Å²) in [5.74, 6) is 0. The first-order valence-corrected chi connectivity index (χ1v) is 6.99. The van der Waals surface area contributed by atoms with Crippen LogP contribution in [0.1, 0.15) is 46.6 Å². The van der Waals surface area contributed by atoms with E-state index in [1.807, 2.05) is 0 Å². The third kappa shape index (κ3) is 5.66. The van der Waals surface area contributed by atoms with E-state index in [0.29, 0.717) is 5.41 Å². The van der Waals surface area contributed by atoms with Gasteiger partial charge in [0.05, 0.1) is 0 Å². The Bertz CT molecular complexity index is 293. The maximum absolute atomic E-state index is 3.56. The van der Waals surface area contributed by atoms with Crippen LogP contribution < -0.4 is 5.32 Å². The molecule has 0 saturated heterocycles. The van der Waals surface area contributed by atoms with Crippen molar-refractivity contribution in [2.75, 3.05) is 6.54 Å². The lowest BCUT2D eigenvalue weighted by Gasteiger charge is -2.27. The second-order valence-electron chi connectivity index (χ2n) is 6.40. The zero-order valence-corrected chi connectivity index (χ0v) is 12.1. The van der Waals surface area contributed by atoms with Gasteiger partial charge in [-0.2, -0.15) is 11.3 Å². The van der Waals surface area contributed by atoms with E-state index in [0.717, 1.165) is 6.54 Å². The van der Waals surface area contributed by atoms with Crippen molar-refractivity contribution in [1.82, 2.24) is 5.32 Å². The average Bonchev–Trinajstić information content (AvgIpc) is 2.52. The molecule has 1 nitrogen and oxygen atoms in total. The molecule has 2 heteroatoms.